The van der Waals surface area contributed by atoms with Gasteiger partial charge in [0.2, 0.25) is 0 Å². The molecule has 1 fully saturated rings. The van der Waals surface area contributed by atoms with Crippen LogP contribution in [0.5, 0.6) is 0 Å². The number of ketones is 1. The maximum atomic E-state index is 12.0. The zero-order valence-electron chi connectivity index (χ0n) is 9.71. The van der Waals surface area contributed by atoms with E-state index in [1.165, 1.54) is 0 Å². The van der Waals surface area contributed by atoms with Crippen LogP contribution in [0.15, 0.2) is 30.3 Å². The van der Waals surface area contributed by atoms with Crippen molar-refractivity contribution in [1.29, 1.82) is 0 Å². The first-order valence-electron chi connectivity index (χ1n) is 5.85. The predicted molar refractivity (Wildman–Crippen MR) is 70.6 cm³/mol. The summed E-state index contributed by atoms with van der Waals surface area (Å²) in [5.41, 5.74) is 0.764. The van der Waals surface area contributed by atoms with Crippen molar-refractivity contribution in [1.82, 2.24) is 4.90 Å². The summed E-state index contributed by atoms with van der Waals surface area (Å²) in [6.45, 7) is 3.18. The molecule has 1 aromatic carbocycles. The molecule has 0 aromatic heterocycles. The molecule has 1 atom stereocenters. The molecule has 0 spiro atoms. The Labute approximate surface area is 107 Å². The molecule has 0 N–H and O–H groups in total. The number of hydrogen-bond acceptors (Lipinski definition) is 4. The molecule has 17 heavy (non-hydrogen) atoms. The lowest BCUT2D eigenvalue weighted by Crippen LogP contribution is -2.41. The number of ether oxygens (including phenoxy) is 1. The summed E-state index contributed by atoms with van der Waals surface area (Å²) >= 11 is 4.51. The number of rotatable bonds is 4. The van der Waals surface area contributed by atoms with E-state index in [-0.39, 0.29) is 11.2 Å². The van der Waals surface area contributed by atoms with Crippen LogP contribution in [0, 0.1) is 0 Å². The number of carbonyl (C=O) groups is 1. The number of benzene rings is 1. The highest BCUT2D eigenvalue weighted by Gasteiger charge is 2.20. The summed E-state index contributed by atoms with van der Waals surface area (Å²) in [6.07, 6.45) is 0.452. The summed E-state index contributed by atoms with van der Waals surface area (Å²) in [4.78, 5) is 14.2. The quantitative estimate of drug-likeness (QED) is 0.654. The highest BCUT2D eigenvalue weighted by atomic mass is 32.1. The highest BCUT2D eigenvalue weighted by Crippen LogP contribution is 2.14. The van der Waals surface area contributed by atoms with Gasteiger partial charge in [0.05, 0.1) is 18.6 Å². The molecule has 1 heterocycles. The van der Waals surface area contributed by atoms with Crippen LogP contribution in [-0.2, 0) is 4.74 Å². The first-order valence-corrected chi connectivity index (χ1v) is 6.37. The standard InChI is InChI=1S/C13H17NO2S/c15-12(11-4-2-1-3-5-11)10-13(17)14-6-8-16-9-7-14/h1-5,13,17H,6-10H2. The largest absolute Gasteiger partial charge is 0.379 e. The minimum atomic E-state index is -0.00777. The smallest absolute Gasteiger partial charge is 0.165 e. The lowest BCUT2D eigenvalue weighted by atomic mass is 10.1. The van der Waals surface area contributed by atoms with Gasteiger partial charge in [0, 0.05) is 25.1 Å². The molecule has 1 saturated heterocycles. The molecule has 1 aliphatic heterocycles. The summed E-state index contributed by atoms with van der Waals surface area (Å²) < 4.78 is 5.28. The minimum absolute atomic E-state index is 0.00777. The van der Waals surface area contributed by atoms with Crippen molar-refractivity contribution in [3.8, 4) is 0 Å². The molecular formula is C13H17NO2S. The Balaban J connectivity index is 1.89. The van der Waals surface area contributed by atoms with Crippen molar-refractivity contribution < 1.29 is 9.53 Å². The van der Waals surface area contributed by atoms with Gasteiger partial charge in [-0.3, -0.25) is 9.69 Å². The maximum Gasteiger partial charge on any atom is 0.165 e. The van der Waals surface area contributed by atoms with Crippen LogP contribution in [0.4, 0.5) is 0 Å². The minimum Gasteiger partial charge on any atom is -0.379 e. The van der Waals surface area contributed by atoms with E-state index in [0.717, 1.165) is 31.9 Å². The molecule has 1 aromatic rings. The fraction of sp³-hybridized carbons (Fsp3) is 0.462. The number of Topliss-reactive ketones (excluding diaryl/α,β-unsaturated/α-hetero) is 1. The summed E-state index contributed by atoms with van der Waals surface area (Å²) in [6, 6.07) is 9.38. The van der Waals surface area contributed by atoms with Gasteiger partial charge in [0.1, 0.15) is 0 Å². The van der Waals surface area contributed by atoms with Gasteiger partial charge in [0.25, 0.3) is 0 Å². The molecule has 2 rings (SSSR count). The van der Waals surface area contributed by atoms with Crippen molar-refractivity contribution in [3.63, 3.8) is 0 Å². The van der Waals surface area contributed by atoms with Crippen molar-refractivity contribution in [2.24, 2.45) is 0 Å². The van der Waals surface area contributed by atoms with Gasteiger partial charge >= 0.3 is 0 Å². The lowest BCUT2D eigenvalue weighted by molar-refractivity contribution is 0.0315. The van der Waals surface area contributed by atoms with Gasteiger partial charge in [-0.25, -0.2) is 0 Å². The van der Waals surface area contributed by atoms with Crippen LogP contribution in [0.1, 0.15) is 16.8 Å². The second-order valence-electron chi connectivity index (χ2n) is 4.12. The molecule has 1 aliphatic rings. The van der Waals surface area contributed by atoms with E-state index in [1.54, 1.807) is 0 Å². The monoisotopic (exact) mass is 251 g/mol. The third-order valence-corrected chi connectivity index (χ3v) is 3.44. The van der Waals surface area contributed by atoms with Gasteiger partial charge in [0.15, 0.2) is 5.78 Å². The molecule has 0 aliphatic carbocycles. The molecule has 3 nitrogen and oxygen atoms in total. The fourth-order valence-corrected chi connectivity index (χ4v) is 2.31. The molecular weight excluding hydrogens is 234 g/mol. The van der Waals surface area contributed by atoms with Crippen LogP contribution in [0.3, 0.4) is 0 Å². The van der Waals surface area contributed by atoms with Gasteiger partial charge < -0.3 is 4.74 Å². The van der Waals surface area contributed by atoms with Crippen LogP contribution in [0.2, 0.25) is 0 Å². The second kappa shape index (κ2) is 6.19. The van der Waals surface area contributed by atoms with Crippen LogP contribution in [0.25, 0.3) is 0 Å². The molecule has 0 amide bonds. The van der Waals surface area contributed by atoms with Gasteiger partial charge in [-0.15, -0.1) is 0 Å². The Morgan fingerprint density at radius 2 is 1.94 bits per heavy atom. The Bertz CT molecular complexity index is 363. The number of hydrogen-bond donors (Lipinski definition) is 1. The summed E-state index contributed by atoms with van der Waals surface area (Å²) in [5.74, 6) is 0.150. The van der Waals surface area contributed by atoms with E-state index in [1.807, 2.05) is 30.3 Å². The topological polar surface area (TPSA) is 29.5 Å². The van der Waals surface area contributed by atoms with Crippen molar-refractivity contribution in [2.75, 3.05) is 26.3 Å². The first-order chi connectivity index (χ1) is 8.27. The van der Waals surface area contributed by atoms with E-state index in [4.69, 9.17) is 4.74 Å². The Hall–Kier alpha value is -0.840. The molecule has 0 bridgehead atoms. The highest BCUT2D eigenvalue weighted by molar-refractivity contribution is 7.80. The second-order valence-corrected chi connectivity index (χ2v) is 4.72. The van der Waals surface area contributed by atoms with E-state index >= 15 is 0 Å². The predicted octanol–water partition coefficient (Wildman–Crippen LogP) is 1.85. The van der Waals surface area contributed by atoms with Crippen LogP contribution < -0.4 is 0 Å². The van der Waals surface area contributed by atoms with Crippen molar-refractivity contribution in [2.45, 2.75) is 11.8 Å². The number of nitrogens with zero attached hydrogens (tertiary/aromatic N) is 1. The summed E-state index contributed by atoms with van der Waals surface area (Å²) in [5, 5.41) is -0.00777. The van der Waals surface area contributed by atoms with E-state index < -0.39 is 0 Å². The molecule has 92 valence electrons. The number of carbonyl (C=O) groups excluding carboxylic acids is 1. The van der Waals surface area contributed by atoms with Crippen LogP contribution >= 0.6 is 12.6 Å². The zero-order valence-corrected chi connectivity index (χ0v) is 10.6. The molecule has 0 radical (unpaired) electrons. The zero-order chi connectivity index (χ0) is 12.1. The van der Waals surface area contributed by atoms with Crippen molar-refractivity contribution >= 4 is 18.4 Å². The van der Waals surface area contributed by atoms with E-state index in [0.29, 0.717) is 6.42 Å². The average Bonchev–Trinajstić information content (AvgIpc) is 2.40. The Morgan fingerprint density at radius 3 is 2.59 bits per heavy atom. The third-order valence-electron chi connectivity index (χ3n) is 2.93. The average molecular weight is 251 g/mol. The molecule has 0 saturated carbocycles. The maximum absolute atomic E-state index is 12.0. The van der Waals surface area contributed by atoms with Gasteiger partial charge in [-0.05, 0) is 0 Å². The first kappa shape index (κ1) is 12.6. The Morgan fingerprint density at radius 1 is 1.29 bits per heavy atom. The normalized spacial score (nSPS) is 18.9. The van der Waals surface area contributed by atoms with Gasteiger partial charge in [-0.1, -0.05) is 30.3 Å². The van der Waals surface area contributed by atoms with E-state index in [9.17, 15) is 4.79 Å². The van der Waals surface area contributed by atoms with Crippen molar-refractivity contribution in [3.05, 3.63) is 35.9 Å². The number of thiol groups is 1. The molecule has 4 heteroatoms. The summed E-state index contributed by atoms with van der Waals surface area (Å²) in [7, 11) is 0. The van der Waals surface area contributed by atoms with Gasteiger partial charge in [-0.2, -0.15) is 12.6 Å². The van der Waals surface area contributed by atoms with E-state index in [2.05, 4.69) is 17.5 Å². The Kier molecular flexibility index (Phi) is 4.59. The SMILES string of the molecule is O=C(CC(S)N1CCOCC1)c1ccccc1. The lowest BCUT2D eigenvalue weighted by Gasteiger charge is -2.31. The third kappa shape index (κ3) is 3.56. The fourth-order valence-electron chi connectivity index (χ4n) is 1.91. The van der Waals surface area contributed by atoms with Crippen LogP contribution in [-0.4, -0.2) is 42.4 Å². The molecule has 1 unspecified atom stereocenters. The number of morpholine rings is 1.